The van der Waals surface area contributed by atoms with Crippen molar-refractivity contribution in [1.29, 1.82) is 0 Å². The van der Waals surface area contributed by atoms with Gasteiger partial charge in [0.2, 0.25) is 0 Å². The van der Waals surface area contributed by atoms with E-state index in [0.29, 0.717) is 29.7 Å². The van der Waals surface area contributed by atoms with Crippen molar-refractivity contribution in [1.82, 2.24) is 9.97 Å². The third kappa shape index (κ3) is 3.82. The van der Waals surface area contributed by atoms with Gasteiger partial charge in [-0.25, -0.2) is 14.8 Å². The number of hydrogen-bond acceptors (Lipinski definition) is 5. The van der Waals surface area contributed by atoms with Gasteiger partial charge >= 0.3 is 5.97 Å². The highest BCUT2D eigenvalue weighted by molar-refractivity contribution is 5.95. The maximum Gasteiger partial charge on any atom is 0.343 e. The molecule has 1 heterocycles. The molecular weight excluding hydrogens is 328 g/mol. The summed E-state index contributed by atoms with van der Waals surface area (Å²) < 4.78 is 5.49. The number of aromatic nitrogens is 2. The number of nitrogens with zero attached hydrogens (tertiary/aromatic N) is 2. The van der Waals surface area contributed by atoms with Crippen LogP contribution in [0.2, 0.25) is 0 Å². The number of ether oxygens (including phenoxy) is 1. The van der Waals surface area contributed by atoms with E-state index in [-0.39, 0.29) is 11.2 Å². The highest BCUT2D eigenvalue weighted by atomic mass is 16.5. The zero-order valence-electron chi connectivity index (χ0n) is 15.8. The van der Waals surface area contributed by atoms with Crippen LogP contribution >= 0.6 is 0 Å². The van der Waals surface area contributed by atoms with Crippen LogP contribution in [0, 0.1) is 5.41 Å². The average molecular weight is 352 g/mol. The summed E-state index contributed by atoms with van der Waals surface area (Å²) in [6.45, 7) is 8.09. The Balaban J connectivity index is 1.88. The largest absolute Gasteiger partial charge is 0.427 e. The fraction of sp³-hybridized carbons (Fsp3) is 0.429. The predicted octanol–water partition coefficient (Wildman–Crippen LogP) is 4.18. The summed E-state index contributed by atoms with van der Waals surface area (Å²) in [5.41, 5.74) is 3.61. The summed E-state index contributed by atoms with van der Waals surface area (Å²) in [5.74, 6) is -0.0470. The van der Waals surface area contributed by atoms with E-state index in [4.69, 9.17) is 4.74 Å². The molecule has 1 aromatic carbocycles. The van der Waals surface area contributed by atoms with Crippen LogP contribution in [-0.2, 0) is 22.4 Å². The first-order valence-corrected chi connectivity index (χ1v) is 9.06. The van der Waals surface area contributed by atoms with Crippen LogP contribution in [0.1, 0.15) is 62.3 Å². The van der Waals surface area contributed by atoms with Gasteiger partial charge in [0.15, 0.2) is 5.78 Å². The smallest absolute Gasteiger partial charge is 0.343 e. The molecule has 136 valence electrons. The Hall–Kier alpha value is -2.56. The van der Waals surface area contributed by atoms with E-state index in [9.17, 15) is 9.59 Å². The number of carbonyl (C=O) groups excluding carboxylic acids is 2. The Labute approximate surface area is 153 Å². The molecule has 2 aromatic rings. The van der Waals surface area contributed by atoms with Gasteiger partial charge in [-0.1, -0.05) is 27.7 Å². The van der Waals surface area contributed by atoms with Crippen molar-refractivity contribution in [3.63, 3.8) is 0 Å². The number of aryl methyl sites for hydroxylation is 2. The van der Waals surface area contributed by atoms with Gasteiger partial charge in [-0.2, -0.15) is 0 Å². The molecule has 5 heteroatoms. The van der Waals surface area contributed by atoms with Crippen LogP contribution < -0.4 is 0 Å². The number of allylic oxidation sites excluding steroid dienone is 2. The molecule has 0 unspecified atom stereocenters. The number of esters is 1. The maximum atomic E-state index is 12.5. The Morgan fingerprint density at radius 1 is 1.08 bits per heavy atom. The van der Waals surface area contributed by atoms with E-state index in [0.717, 1.165) is 29.7 Å². The third-order valence-electron chi connectivity index (χ3n) is 4.58. The lowest BCUT2D eigenvalue weighted by atomic mass is 9.79. The number of fused-ring (bicyclic) bond motifs is 1. The van der Waals surface area contributed by atoms with Crippen molar-refractivity contribution >= 4 is 22.8 Å². The SMILES string of the molecule is CCc1nc2ccc(C(=O)OC3=CC(=O)CC(C)(C)C3)cc2nc1CC. The maximum absolute atomic E-state index is 12.5. The van der Waals surface area contributed by atoms with Crippen molar-refractivity contribution < 1.29 is 14.3 Å². The van der Waals surface area contributed by atoms with Crippen molar-refractivity contribution in [2.24, 2.45) is 5.41 Å². The molecule has 0 saturated heterocycles. The van der Waals surface area contributed by atoms with Crippen LogP contribution in [-0.4, -0.2) is 21.7 Å². The highest BCUT2D eigenvalue weighted by Gasteiger charge is 2.29. The first-order chi connectivity index (χ1) is 12.3. The van der Waals surface area contributed by atoms with Crippen LogP contribution in [0.3, 0.4) is 0 Å². The monoisotopic (exact) mass is 352 g/mol. The number of rotatable bonds is 4. The fourth-order valence-corrected chi connectivity index (χ4v) is 3.35. The molecule has 0 atom stereocenters. The molecule has 3 rings (SSSR count). The Bertz CT molecular complexity index is 913. The standard InChI is InChI=1S/C21H24N2O3/c1-5-16-17(6-2)23-19-9-13(7-8-18(19)22-16)20(25)26-15-10-14(24)11-21(3,4)12-15/h7-10H,5-6,11-12H2,1-4H3. The van der Waals surface area contributed by atoms with Crippen molar-refractivity contribution in [2.75, 3.05) is 0 Å². The average Bonchev–Trinajstić information content (AvgIpc) is 2.58. The summed E-state index contributed by atoms with van der Waals surface area (Å²) >= 11 is 0. The van der Waals surface area contributed by atoms with Gasteiger partial charge in [0, 0.05) is 18.9 Å². The molecule has 0 saturated carbocycles. The van der Waals surface area contributed by atoms with Gasteiger partial charge in [-0.3, -0.25) is 4.79 Å². The van der Waals surface area contributed by atoms with Gasteiger partial charge in [-0.05, 0) is 36.5 Å². The lowest BCUT2D eigenvalue weighted by molar-refractivity contribution is -0.117. The highest BCUT2D eigenvalue weighted by Crippen LogP contribution is 2.34. The van der Waals surface area contributed by atoms with Gasteiger partial charge in [0.1, 0.15) is 5.76 Å². The molecule has 0 radical (unpaired) electrons. The summed E-state index contributed by atoms with van der Waals surface area (Å²) in [7, 11) is 0. The van der Waals surface area contributed by atoms with Crippen molar-refractivity contribution in [2.45, 2.75) is 53.4 Å². The normalized spacial score (nSPS) is 16.5. The lowest BCUT2D eigenvalue weighted by Gasteiger charge is -2.27. The Morgan fingerprint density at radius 2 is 1.73 bits per heavy atom. The van der Waals surface area contributed by atoms with Crippen LogP contribution in [0.4, 0.5) is 0 Å². The van der Waals surface area contributed by atoms with E-state index in [1.54, 1.807) is 18.2 Å². The van der Waals surface area contributed by atoms with Gasteiger partial charge < -0.3 is 4.74 Å². The van der Waals surface area contributed by atoms with E-state index in [1.807, 2.05) is 20.8 Å². The first-order valence-electron chi connectivity index (χ1n) is 9.06. The minimum atomic E-state index is -0.469. The molecule has 0 aliphatic heterocycles. The molecule has 1 aromatic heterocycles. The second-order valence-corrected chi connectivity index (χ2v) is 7.51. The number of ketones is 1. The number of hydrogen-bond donors (Lipinski definition) is 0. The van der Waals surface area contributed by atoms with Gasteiger partial charge in [0.25, 0.3) is 0 Å². The summed E-state index contributed by atoms with van der Waals surface area (Å²) in [4.78, 5) is 33.6. The molecule has 0 bridgehead atoms. The molecule has 0 fully saturated rings. The zero-order chi connectivity index (χ0) is 18.9. The first kappa shape index (κ1) is 18.2. The van der Waals surface area contributed by atoms with Gasteiger partial charge in [-0.15, -0.1) is 0 Å². The van der Waals surface area contributed by atoms with Crippen LogP contribution in [0.5, 0.6) is 0 Å². The van der Waals surface area contributed by atoms with E-state index >= 15 is 0 Å². The summed E-state index contributed by atoms with van der Waals surface area (Å²) in [6.07, 6.45) is 4.10. The Kier molecular flexibility index (Phi) is 4.90. The zero-order valence-corrected chi connectivity index (χ0v) is 15.8. The van der Waals surface area contributed by atoms with Crippen molar-refractivity contribution in [3.05, 3.63) is 47.0 Å². The van der Waals surface area contributed by atoms with Crippen molar-refractivity contribution in [3.8, 4) is 0 Å². The second kappa shape index (κ2) is 6.98. The van der Waals surface area contributed by atoms with Crippen LogP contribution in [0.25, 0.3) is 11.0 Å². The number of benzene rings is 1. The molecule has 5 nitrogen and oxygen atoms in total. The van der Waals surface area contributed by atoms with E-state index in [1.165, 1.54) is 6.08 Å². The van der Waals surface area contributed by atoms with Crippen LogP contribution in [0.15, 0.2) is 30.0 Å². The lowest BCUT2D eigenvalue weighted by Crippen LogP contribution is -2.23. The molecule has 0 spiro atoms. The third-order valence-corrected chi connectivity index (χ3v) is 4.58. The summed E-state index contributed by atoms with van der Waals surface area (Å²) in [5, 5.41) is 0. The fourth-order valence-electron chi connectivity index (χ4n) is 3.35. The molecular formula is C21H24N2O3. The molecule has 26 heavy (non-hydrogen) atoms. The molecule has 0 N–H and O–H groups in total. The predicted molar refractivity (Wildman–Crippen MR) is 99.8 cm³/mol. The second-order valence-electron chi connectivity index (χ2n) is 7.51. The molecule has 1 aliphatic carbocycles. The summed E-state index contributed by atoms with van der Waals surface area (Å²) in [6, 6.07) is 5.20. The minimum Gasteiger partial charge on any atom is -0.427 e. The number of carbonyl (C=O) groups is 2. The topological polar surface area (TPSA) is 69.2 Å². The van der Waals surface area contributed by atoms with Gasteiger partial charge in [0.05, 0.1) is 28.0 Å². The van der Waals surface area contributed by atoms with E-state index in [2.05, 4.69) is 16.9 Å². The van der Waals surface area contributed by atoms with E-state index < -0.39 is 5.97 Å². The quantitative estimate of drug-likeness (QED) is 0.772. The Morgan fingerprint density at radius 3 is 2.35 bits per heavy atom. The minimum absolute atomic E-state index is 0.00638. The molecule has 1 aliphatic rings. The molecule has 0 amide bonds.